The van der Waals surface area contributed by atoms with Crippen LogP contribution >= 0.6 is 0 Å². The van der Waals surface area contributed by atoms with Gasteiger partial charge < -0.3 is 106 Å². The van der Waals surface area contributed by atoms with Crippen molar-refractivity contribution in [2.75, 3.05) is 26.4 Å². The molecule has 0 spiro atoms. The van der Waals surface area contributed by atoms with Crippen LogP contribution in [-0.2, 0) is 47.5 Å². The predicted octanol–water partition coefficient (Wildman–Crippen LogP) is -9.35. The lowest BCUT2D eigenvalue weighted by atomic mass is 9.93. The quantitative estimate of drug-likeness (QED) is 0.0824. The number of aliphatic hydroxyl groups excluding tert-OH is 10. The van der Waals surface area contributed by atoms with E-state index >= 15 is 0 Å². The number of rotatable bonds is 13. The summed E-state index contributed by atoms with van der Waals surface area (Å²) in [4.78, 5) is 36.5. The summed E-state index contributed by atoms with van der Waals surface area (Å²) < 4.78 is 40.3. The van der Waals surface area contributed by atoms with Crippen LogP contribution in [0.25, 0.3) is 0 Å². The van der Waals surface area contributed by atoms with Crippen LogP contribution in [0, 0.1) is 0 Å². The van der Waals surface area contributed by atoms with Gasteiger partial charge >= 0.3 is 0 Å². The maximum Gasteiger partial charge on any atom is 0.217 e. The van der Waals surface area contributed by atoms with Gasteiger partial charge in [-0.2, -0.15) is 0 Å². The second-order valence-electron chi connectivity index (χ2n) is 13.4. The Labute approximate surface area is 308 Å². The molecule has 24 heteroatoms. The van der Waals surface area contributed by atoms with Gasteiger partial charge in [0, 0.05) is 20.8 Å². The third-order valence-corrected chi connectivity index (χ3v) is 9.49. The highest BCUT2D eigenvalue weighted by Crippen LogP contribution is 2.34. The van der Waals surface area contributed by atoms with Crippen LogP contribution in [0.2, 0.25) is 0 Å². The Kier molecular flexibility index (Phi) is 15.8. The van der Waals surface area contributed by atoms with Gasteiger partial charge in [0.05, 0.1) is 32.5 Å². The maximum absolute atomic E-state index is 12.4. The van der Waals surface area contributed by atoms with Crippen LogP contribution in [-0.4, -0.2) is 218 Å². The van der Waals surface area contributed by atoms with Crippen molar-refractivity contribution in [3.05, 3.63) is 0 Å². The third-order valence-electron chi connectivity index (χ3n) is 9.49. The standard InChI is InChI=1S/C30H52N4O20/c1-8(39)32-16-21(44)19(42)11(4-35)49-28(16)53-25-13(6-37)51-30(18(23(25)46)34-10(3)41)54-26-14(7-38)50-29(17(22(26)45)33-9(2)40)52-24-12(5-36)48-27(47)15(31)20(24)43/h11-30,35-38,42-47H,4-7,31H2,1-3H3,(H,32,39)(H,33,40)(H,34,41)/t11-,12-,13-,14-,15-,16-,17-,18-,19-,20-,21-,22-,23-,24-,25-,26-,27?,28+,29+,30+/m1/s1. The van der Waals surface area contributed by atoms with E-state index in [9.17, 15) is 65.4 Å². The first kappa shape index (κ1) is 44.4. The van der Waals surface area contributed by atoms with Gasteiger partial charge in [0.25, 0.3) is 0 Å². The summed E-state index contributed by atoms with van der Waals surface area (Å²) >= 11 is 0. The molecule has 312 valence electrons. The van der Waals surface area contributed by atoms with Crippen LogP contribution in [0.1, 0.15) is 20.8 Å². The fourth-order valence-electron chi connectivity index (χ4n) is 6.80. The second-order valence-corrected chi connectivity index (χ2v) is 13.4. The summed E-state index contributed by atoms with van der Waals surface area (Å²) in [7, 11) is 0. The smallest absolute Gasteiger partial charge is 0.217 e. The molecule has 0 aliphatic carbocycles. The van der Waals surface area contributed by atoms with Gasteiger partial charge in [-0.05, 0) is 0 Å². The van der Waals surface area contributed by atoms with Gasteiger partial charge in [-0.15, -0.1) is 0 Å². The molecular formula is C30H52N4O20. The monoisotopic (exact) mass is 788 g/mol. The van der Waals surface area contributed by atoms with Crippen molar-refractivity contribution in [3.63, 3.8) is 0 Å². The van der Waals surface area contributed by atoms with E-state index in [1.165, 1.54) is 0 Å². The molecule has 20 atom stereocenters. The normalized spacial score (nSPS) is 45.7. The molecule has 0 aromatic heterocycles. The summed E-state index contributed by atoms with van der Waals surface area (Å²) in [5, 5.41) is 112. The Morgan fingerprint density at radius 1 is 0.500 bits per heavy atom. The minimum Gasteiger partial charge on any atom is -0.394 e. The number of hydrogen-bond acceptors (Lipinski definition) is 21. The third kappa shape index (κ3) is 9.79. The zero-order chi connectivity index (χ0) is 40.2. The van der Waals surface area contributed by atoms with E-state index < -0.39 is 167 Å². The van der Waals surface area contributed by atoms with Crippen molar-refractivity contribution >= 4 is 17.7 Å². The van der Waals surface area contributed by atoms with Crippen molar-refractivity contribution in [2.45, 2.75) is 143 Å². The number of aliphatic hydroxyl groups is 10. The maximum atomic E-state index is 12.4. The zero-order valence-corrected chi connectivity index (χ0v) is 29.5. The molecule has 0 aromatic rings. The van der Waals surface area contributed by atoms with Crippen LogP contribution in [0.4, 0.5) is 0 Å². The number of hydrogen-bond donors (Lipinski definition) is 14. The number of amides is 3. The molecule has 1 unspecified atom stereocenters. The molecule has 4 fully saturated rings. The van der Waals surface area contributed by atoms with Gasteiger partial charge in [0.1, 0.15) is 91.4 Å². The van der Waals surface area contributed by atoms with E-state index in [-0.39, 0.29) is 0 Å². The average Bonchev–Trinajstić information content (AvgIpc) is 3.12. The topological polar surface area (TPSA) is 380 Å². The van der Waals surface area contributed by atoms with E-state index in [4.69, 9.17) is 38.9 Å². The highest BCUT2D eigenvalue weighted by Gasteiger charge is 2.56. The Bertz CT molecular complexity index is 1260. The molecule has 24 nitrogen and oxygen atoms in total. The lowest BCUT2D eigenvalue weighted by Gasteiger charge is -2.50. The zero-order valence-electron chi connectivity index (χ0n) is 29.5. The highest BCUT2D eigenvalue weighted by molar-refractivity contribution is 5.74. The first-order chi connectivity index (χ1) is 25.5. The molecule has 0 saturated carbocycles. The molecule has 4 rings (SSSR count). The molecule has 4 saturated heterocycles. The molecule has 0 radical (unpaired) electrons. The average molecular weight is 789 g/mol. The Morgan fingerprint density at radius 3 is 1.17 bits per heavy atom. The minimum absolute atomic E-state index is 0.676. The van der Waals surface area contributed by atoms with Crippen LogP contribution in [0.15, 0.2) is 0 Å². The molecule has 15 N–H and O–H groups in total. The molecule has 3 amide bonds. The molecule has 54 heavy (non-hydrogen) atoms. The number of ether oxygens (including phenoxy) is 7. The summed E-state index contributed by atoms with van der Waals surface area (Å²) in [6, 6.07) is -6.00. The van der Waals surface area contributed by atoms with E-state index in [1.54, 1.807) is 0 Å². The summed E-state index contributed by atoms with van der Waals surface area (Å²) in [5.74, 6) is -2.13. The Morgan fingerprint density at radius 2 is 0.815 bits per heavy atom. The molecule has 0 aromatic carbocycles. The van der Waals surface area contributed by atoms with E-state index in [1.807, 2.05) is 0 Å². The van der Waals surface area contributed by atoms with Crippen molar-refractivity contribution in [1.29, 1.82) is 0 Å². The van der Waals surface area contributed by atoms with Crippen molar-refractivity contribution in [3.8, 4) is 0 Å². The van der Waals surface area contributed by atoms with Crippen LogP contribution < -0.4 is 21.7 Å². The highest BCUT2D eigenvalue weighted by atomic mass is 16.8. The molecule has 4 aliphatic heterocycles. The van der Waals surface area contributed by atoms with Crippen molar-refractivity contribution < 1.29 is 98.6 Å². The van der Waals surface area contributed by atoms with Crippen molar-refractivity contribution in [2.24, 2.45) is 5.73 Å². The number of carbonyl (C=O) groups excluding carboxylic acids is 3. The van der Waals surface area contributed by atoms with Crippen LogP contribution in [0.3, 0.4) is 0 Å². The Hall–Kier alpha value is -2.31. The second kappa shape index (κ2) is 19.2. The fourth-order valence-corrected chi connectivity index (χ4v) is 6.80. The molecule has 0 bridgehead atoms. The van der Waals surface area contributed by atoms with E-state index in [2.05, 4.69) is 16.0 Å². The van der Waals surface area contributed by atoms with Crippen molar-refractivity contribution in [1.82, 2.24) is 16.0 Å². The predicted molar refractivity (Wildman–Crippen MR) is 171 cm³/mol. The van der Waals surface area contributed by atoms with Gasteiger partial charge in [-0.25, -0.2) is 0 Å². The number of nitrogens with one attached hydrogen (secondary N) is 3. The first-order valence-corrected chi connectivity index (χ1v) is 17.1. The SMILES string of the molecule is CC(=O)N[C@H]1[C@H](O[C@H]2[C@H](O)[C@@H](N)C(O)O[C@@H]2CO)O[C@H](CO)[C@@H](O[C@@H]2O[C@H](CO)[C@@H](O[C@@H]3O[C@H](CO)[C@@H](O)[C@H](O)[C@H]3NC(C)=O)[C@H](O)[C@H]2NC(C)=O)[C@@H]1O. The lowest BCUT2D eigenvalue weighted by Crippen LogP contribution is -2.71. The summed E-state index contributed by atoms with van der Waals surface area (Å²) in [6.07, 6.45) is -26.2. The summed E-state index contributed by atoms with van der Waals surface area (Å²) in [5.41, 5.74) is 5.80. The first-order valence-electron chi connectivity index (χ1n) is 17.1. The van der Waals surface area contributed by atoms with Gasteiger partial charge in [-0.1, -0.05) is 0 Å². The summed E-state index contributed by atoms with van der Waals surface area (Å²) in [6.45, 7) is -0.0739. The molecule has 4 aliphatic rings. The molecular weight excluding hydrogens is 736 g/mol. The lowest BCUT2D eigenvalue weighted by molar-refractivity contribution is -0.361. The van der Waals surface area contributed by atoms with Crippen LogP contribution in [0.5, 0.6) is 0 Å². The van der Waals surface area contributed by atoms with E-state index in [0.717, 1.165) is 20.8 Å². The molecule has 4 heterocycles. The van der Waals surface area contributed by atoms with Gasteiger partial charge in [0.2, 0.25) is 17.7 Å². The van der Waals surface area contributed by atoms with Gasteiger partial charge in [-0.3, -0.25) is 14.4 Å². The number of nitrogens with two attached hydrogens (primary N) is 1. The Balaban J connectivity index is 1.60. The fraction of sp³-hybridized carbons (Fsp3) is 0.900. The number of carbonyl (C=O) groups is 3. The minimum atomic E-state index is -1.86. The van der Waals surface area contributed by atoms with E-state index in [0.29, 0.717) is 0 Å². The largest absolute Gasteiger partial charge is 0.394 e. The van der Waals surface area contributed by atoms with Gasteiger partial charge in [0.15, 0.2) is 25.2 Å².